The normalized spacial score (nSPS) is 19.7. The third-order valence-corrected chi connectivity index (χ3v) is 7.21. The number of carbonyl (C=O) groups excluding carboxylic acids is 1. The van der Waals surface area contributed by atoms with Crippen LogP contribution in [0.5, 0.6) is 11.5 Å². The number of terminal acetylenes is 1. The maximum Gasteiger partial charge on any atom is 0.342 e. The molecule has 1 saturated heterocycles. The molecule has 2 aromatic carbocycles. The van der Waals surface area contributed by atoms with E-state index in [1.54, 1.807) is 24.3 Å². The topological polar surface area (TPSA) is 72.9 Å². The molecule has 3 rings (SSSR count). The Labute approximate surface area is 165 Å². The standard InChI is InChI=1S/C21H21NO5S/c1-3-15-22-16-7-14-21(22,20(23)26-2)28(24,25)19-12-10-18(11-13-19)27-17-8-5-4-6-9-17/h1,4-6,8-13H,7,14-16H2,2H3. The molecule has 0 saturated carbocycles. The summed E-state index contributed by atoms with van der Waals surface area (Å²) in [5.41, 5.74) is 0. The van der Waals surface area contributed by atoms with E-state index in [4.69, 9.17) is 15.9 Å². The van der Waals surface area contributed by atoms with Crippen LogP contribution in [-0.2, 0) is 19.4 Å². The Hall–Kier alpha value is -2.82. The lowest BCUT2D eigenvalue weighted by Gasteiger charge is -2.34. The first-order valence-corrected chi connectivity index (χ1v) is 10.3. The molecule has 0 aliphatic carbocycles. The van der Waals surface area contributed by atoms with E-state index in [1.165, 1.54) is 24.1 Å². The molecule has 0 radical (unpaired) electrons. The van der Waals surface area contributed by atoms with Crippen molar-refractivity contribution >= 4 is 15.8 Å². The molecule has 1 atom stereocenters. The van der Waals surface area contributed by atoms with Crippen LogP contribution in [0.1, 0.15) is 12.8 Å². The quantitative estimate of drug-likeness (QED) is 0.549. The van der Waals surface area contributed by atoms with Crippen LogP contribution in [0, 0.1) is 12.3 Å². The zero-order valence-corrected chi connectivity index (χ0v) is 16.3. The SMILES string of the molecule is C#CCN1CCCC1(C(=O)OC)S(=O)(=O)c1ccc(Oc2ccccc2)cc1. The lowest BCUT2D eigenvalue weighted by atomic mass is 10.2. The van der Waals surface area contributed by atoms with Crippen LogP contribution in [0.4, 0.5) is 0 Å². The molecule has 0 spiro atoms. The highest BCUT2D eigenvalue weighted by atomic mass is 32.2. The molecule has 1 heterocycles. The van der Waals surface area contributed by atoms with Gasteiger partial charge in [0.25, 0.3) is 0 Å². The first kappa shape index (κ1) is 19.9. The van der Waals surface area contributed by atoms with Crippen molar-refractivity contribution in [2.45, 2.75) is 22.6 Å². The van der Waals surface area contributed by atoms with Gasteiger partial charge in [-0.3, -0.25) is 4.90 Å². The van der Waals surface area contributed by atoms with Gasteiger partial charge in [0.1, 0.15) is 11.5 Å². The fourth-order valence-electron chi connectivity index (χ4n) is 3.48. The zero-order valence-electron chi connectivity index (χ0n) is 15.5. The van der Waals surface area contributed by atoms with Crippen LogP contribution in [0.25, 0.3) is 0 Å². The van der Waals surface area contributed by atoms with Crippen molar-refractivity contribution in [3.8, 4) is 23.8 Å². The summed E-state index contributed by atoms with van der Waals surface area (Å²) < 4.78 is 37.5. The molecular formula is C21H21NO5S. The average molecular weight is 399 g/mol. The predicted octanol–water partition coefficient (Wildman–Crippen LogP) is 2.85. The maximum atomic E-state index is 13.5. The minimum absolute atomic E-state index is 0.0160. The summed E-state index contributed by atoms with van der Waals surface area (Å²) in [4.78, 5) is 12.3. The summed E-state index contributed by atoms with van der Waals surface area (Å²) >= 11 is 0. The third-order valence-electron chi connectivity index (χ3n) is 4.80. The van der Waals surface area contributed by atoms with Crippen LogP contribution in [0.3, 0.4) is 0 Å². The first-order valence-electron chi connectivity index (χ1n) is 8.80. The van der Waals surface area contributed by atoms with Crippen molar-refractivity contribution in [2.24, 2.45) is 0 Å². The fraction of sp³-hybridized carbons (Fsp3) is 0.286. The number of carbonyl (C=O) groups is 1. The number of nitrogens with zero attached hydrogens (tertiary/aromatic N) is 1. The van der Waals surface area contributed by atoms with Gasteiger partial charge in [-0.1, -0.05) is 24.1 Å². The lowest BCUT2D eigenvalue weighted by molar-refractivity contribution is -0.147. The monoisotopic (exact) mass is 399 g/mol. The number of rotatable bonds is 6. The van der Waals surface area contributed by atoms with Gasteiger partial charge < -0.3 is 9.47 Å². The number of hydrogen-bond donors (Lipinski definition) is 0. The highest BCUT2D eigenvalue weighted by Gasteiger charge is 2.59. The molecule has 2 aromatic rings. The van der Waals surface area contributed by atoms with Crippen molar-refractivity contribution in [3.05, 3.63) is 54.6 Å². The largest absolute Gasteiger partial charge is 0.467 e. The first-order chi connectivity index (χ1) is 13.5. The molecule has 7 heteroatoms. The van der Waals surface area contributed by atoms with Crippen LogP contribution >= 0.6 is 0 Å². The highest BCUT2D eigenvalue weighted by molar-refractivity contribution is 7.93. The highest BCUT2D eigenvalue weighted by Crippen LogP contribution is 2.40. The van der Waals surface area contributed by atoms with Gasteiger partial charge in [-0.05, 0) is 49.2 Å². The number of para-hydroxylation sites is 1. The summed E-state index contributed by atoms with van der Waals surface area (Å²) in [6.07, 6.45) is 6.05. The molecule has 6 nitrogen and oxygen atoms in total. The molecule has 0 amide bonds. The van der Waals surface area contributed by atoms with E-state index >= 15 is 0 Å². The molecule has 0 bridgehead atoms. The van der Waals surface area contributed by atoms with E-state index in [9.17, 15) is 13.2 Å². The summed E-state index contributed by atoms with van der Waals surface area (Å²) in [6.45, 7) is 0.456. The molecule has 1 unspecified atom stereocenters. The number of benzene rings is 2. The number of methoxy groups -OCH3 is 1. The van der Waals surface area contributed by atoms with Crippen LogP contribution in [-0.4, -0.2) is 44.4 Å². The molecule has 0 N–H and O–H groups in total. The minimum atomic E-state index is -4.07. The Morgan fingerprint density at radius 1 is 1.14 bits per heavy atom. The third kappa shape index (κ3) is 3.37. The Morgan fingerprint density at radius 2 is 1.79 bits per heavy atom. The van der Waals surface area contributed by atoms with Crippen molar-refractivity contribution < 1.29 is 22.7 Å². The number of hydrogen-bond acceptors (Lipinski definition) is 6. The number of sulfone groups is 1. The smallest absolute Gasteiger partial charge is 0.342 e. The molecule has 0 aromatic heterocycles. The van der Waals surface area contributed by atoms with E-state index in [2.05, 4.69) is 5.92 Å². The van der Waals surface area contributed by atoms with E-state index in [0.717, 1.165) is 0 Å². The van der Waals surface area contributed by atoms with Crippen LogP contribution in [0.15, 0.2) is 59.5 Å². The van der Waals surface area contributed by atoms with Crippen molar-refractivity contribution in [3.63, 3.8) is 0 Å². The number of ether oxygens (including phenoxy) is 2. The summed E-state index contributed by atoms with van der Waals surface area (Å²) in [7, 11) is -2.89. The molecule has 1 aliphatic rings. The van der Waals surface area contributed by atoms with E-state index in [0.29, 0.717) is 24.5 Å². The molecule has 1 fully saturated rings. The zero-order chi connectivity index (χ0) is 20.2. The van der Waals surface area contributed by atoms with Gasteiger partial charge in [-0.2, -0.15) is 0 Å². The Morgan fingerprint density at radius 3 is 2.39 bits per heavy atom. The van der Waals surface area contributed by atoms with Gasteiger partial charge in [-0.15, -0.1) is 6.42 Å². The molecule has 28 heavy (non-hydrogen) atoms. The Bertz CT molecular complexity index is 980. The second-order valence-corrected chi connectivity index (χ2v) is 8.55. The predicted molar refractivity (Wildman–Crippen MR) is 105 cm³/mol. The van der Waals surface area contributed by atoms with Gasteiger partial charge in [0.05, 0.1) is 18.6 Å². The van der Waals surface area contributed by atoms with Gasteiger partial charge in [0.15, 0.2) is 0 Å². The minimum Gasteiger partial charge on any atom is -0.467 e. The fourth-order valence-corrected chi connectivity index (χ4v) is 5.57. The molecule has 146 valence electrons. The van der Waals surface area contributed by atoms with Crippen molar-refractivity contribution in [2.75, 3.05) is 20.2 Å². The van der Waals surface area contributed by atoms with Gasteiger partial charge >= 0.3 is 5.97 Å². The second kappa shape index (κ2) is 8.05. The van der Waals surface area contributed by atoms with E-state index in [1.807, 2.05) is 18.2 Å². The second-order valence-electron chi connectivity index (χ2n) is 6.40. The maximum absolute atomic E-state index is 13.5. The Balaban J connectivity index is 1.96. The van der Waals surface area contributed by atoms with Crippen molar-refractivity contribution in [1.29, 1.82) is 0 Å². The summed E-state index contributed by atoms with van der Waals surface area (Å²) in [6, 6.07) is 15.1. The van der Waals surface area contributed by atoms with E-state index < -0.39 is 20.7 Å². The van der Waals surface area contributed by atoms with Gasteiger partial charge in [0.2, 0.25) is 14.7 Å². The lowest BCUT2D eigenvalue weighted by Crippen LogP contribution is -2.56. The van der Waals surface area contributed by atoms with Crippen LogP contribution < -0.4 is 4.74 Å². The van der Waals surface area contributed by atoms with Crippen molar-refractivity contribution in [1.82, 2.24) is 4.90 Å². The summed E-state index contributed by atoms with van der Waals surface area (Å²) in [5.74, 6) is 2.75. The van der Waals surface area contributed by atoms with E-state index in [-0.39, 0.29) is 17.9 Å². The molecule has 1 aliphatic heterocycles. The average Bonchev–Trinajstić information content (AvgIpc) is 3.14. The van der Waals surface area contributed by atoms with Gasteiger partial charge in [0, 0.05) is 6.54 Å². The number of esters is 1. The van der Waals surface area contributed by atoms with Gasteiger partial charge in [-0.25, -0.2) is 13.2 Å². The molecular weight excluding hydrogens is 378 g/mol. The van der Waals surface area contributed by atoms with Crippen LogP contribution in [0.2, 0.25) is 0 Å². The Kier molecular flexibility index (Phi) is 5.73. The number of likely N-dealkylation sites (tertiary alicyclic amines) is 1. The summed E-state index contributed by atoms with van der Waals surface area (Å²) in [5, 5.41) is 0.